The Kier molecular flexibility index (Phi) is 4.39. The maximum absolute atomic E-state index is 9.30. The lowest BCUT2D eigenvalue weighted by Crippen LogP contribution is -2.32. The van der Waals surface area contributed by atoms with Crippen molar-refractivity contribution in [2.45, 2.75) is 31.7 Å². The Labute approximate surface area is 108 Å². The number of para-hydroxylation sites is 1. The standard InChI is InChI=1S/C15H20O3/c1-3-7-13-15(11(2)14(10-16)18-13)17-12-8-5-4-6-9-12/h3-6,8-9,11,13-16H,1,7,10H2,2H3. The van der Waals surface area contributed by atoms with Gasteiger partial charge in [-0.25, -0.2) is 0 Å². The number of hydrogen-bond acceptors (Lipinski definition) is 3. The molecule has 4 atom stereocenters. The van der Waals surface area contributed by atoms with Crippen molar-refractivity contribution in [1.82, 2.24) is 0 Å². The van der Waals surface area contributed by atoms with Crippen LogP contribution in [0.2, 0.25) is 0 Å². The van der Waals surface area contributed by atoms with E-state index in [0.29, 0.717) is 0 Å². The molecule has 1 aliphatic heterocycles. The molecule has 0 radical (unpaired) electrons. The van der Waals surface area contributed by atoms with Crippen LogP contribution in [0, 0.1) is 5.92 Å². The van der Waals surface area contributed by atoms with Crippen molar-refractivity contribution < 1.29 is 14.6 Å². The lowest BCUT2D eigenvalue weighted by atomic mass is 9.97. The van der Waals surface area contributed by atoms with Crippen LogP contribution in [0.15, 0.2) is 43.0 Å². The Bertz CT molecular complexity index is 377. The number of ether oxygens (including phenoxy) is 2. The van der Waals surface area contributed by atoms with Crippen LogP contribution in [0.3, 0.4) is 0 Å². The summed E-state index contributed by atoms with van der Waals surface area (Å²) in [6, 6.07) is 9.72. The van der Waals surface area contributed by atoms with E-state index < -0.39 is 0 Å². The summed E-state index contributed by atoms with van der Waals surface area (Å²) in [6.07, 6.45) is 2.35. The van der Waals surface area contributed by atoms with E-state index >= 15 is 0 Å². The van der Waals surface area contributed by atoms with E-state index in [1.807, 2.05) is 36.4 Å². The fourth-order valence-corrected chi connectivity index (χ4v) is 2.38. The van der Waals surface area contributed by atoms with Crippen molar-refractivity contribution in [3.05, 3.63) is 43.0 Å². The van der Waals surface area contributed by atoms with Gasteiger partial charge in [-0.2, -0.15) is 0 Å². The SMILES string of the molecule is C=CCC1OC(CO)C(C)C1Oc1ccccc1. The molecule has 1 N–H and O–H groups in total. The summed E-state index contributed by atoms with van der Waals surface area (Å²) in [4.78, 5) is 0. The van der Waals surface area contributed by atoms with Gasteiger partial charge in [-0.05, 0) is 18.6 Å². The van der Waals surface area contributed by atoms with Gasteiger partial charge in [0.05, 0.1) is 18.8 Å². The molecule has 1 aromatic carbocycles. The topological polar surface area (TPSA) is 38.7 Å². The van der Waals surface area contributed by atoms with Crippen molar-refractivity contribution in [3.63, 3.8) is 0 Å². The zero-order valence-electron chi connectivity index (χ0n) is 10.7. The van der Waals surface area contributed by atoms with Crippen molar-refractivity contribution in [1.29, 1.82) is 0 Å². The first-order valence-electron chi connectivity index (χ1n) is 6.35. The largest absolute Gasteiger partial charge is 0.487 e. The Hall–Kier alpha value is -1.32. The highest BCUT2D eigenvalue weighted by Crippen LogP contribution is 2.32. The van der Waals surface area contributed by atoms with Gasteiger partial charge in [0.25, 0.3) is 0 Å². The van der Waals surface area contributed by atoms with Crippen LogP contribution in [0.5, 0.6) is 5.75 Å². The highest BCUT2D eigenvalue weighted by Gasteiger charge is 2.42. The molecule has 18 heavy (non-hydrogen) atoms. The van der Waals surface area contributed by atoms with Crippen LogP contribution in [0.1, 0.15) is 13.3 Å². The Morgan fingerprint density at radius 3 is 2.67 bits per heavy atom. The molecule has 3 heteroatoms. The molecule has 1 saturated heterocycles. The molecule has 2 rings (SSSR count). The minimum absolute atomic E-state index is 0.0312. The number of aliphatic hydroxyl groups is 1. The first-order valence-corrected chi connectivity index (χ1v) is 6.35. The van der Waals surface area contributed by atoms with Gasteiger partial charge in [-0.1, -0.05) is 31.2 Å². The molecule has 1 aromatic rings. The van der Waals surface area contributed by atoms with E-state index in [4.69, 9.17) is 9.47 Å². The zero-order valence-corrected chi connectivity index (χ0v) is 10.7. The fourth-order valence-electron chi connectivity index (χ4n) is 2.38. The Balaban J connectivity index is 2.10. The van der Waals surface area contributed by atoms with Crippen LogP contribution in [0.4, 0.5) is 0 Å². The molecule has 0 saturated carbocycles. The third kappa shape index (κ3) is 2.74. The summed E-state index contributed by atoms with van der Waals surface area (Å²) in [7, 11) is 0. The predicted molar refractivity (Wildman–Crippen MR) is 70.6 cm³/mol. The van der Waals surface area contributed by atoms with Crippen LogP contribution in [-0.2, 0) is 4.74 Å². The maximum atomic E-state index is 9.30. The van der Waals surface area contributed by atoms with Gasteiger partial charge in [0, 0.05) is 5.92 Å². The van der Waals surface area contributed by atoms with Gasteiger partial charge in [-0.3, -0.25) is 0 Å². The number of rotatable bonds is 5. The smallest absolute Gasteiger partial charge is 0.130 e. The number of hydrogen-bond donors (Lipinski definition) is 1. The van der Waals surface area contributed by atoms with Gasteiger partial charge < -0.3 is 14.6 Å². The van der Waals surface area contributed by atoms with Gasteiger partial charge in [-0.15, -0.1) is 6.58 Å². The van der Waals surface area contributed by atoms with E-state index in [1.165, 1.54) is 0 Å². The molecule has 0 aromatic heterocycles. The molecule has 1 fully saturated rings. The molecule has 0 bridgehead atoms. The average Bonchev–Trinajstić information content (AvgIpc) is 2.69. The van der Waals surface area contributed by atoms with E-state index in [9.17, 15) is 5.11 Å². The van der Waals surface area contributed by atoms with E-state index in [1.54, 1.807) is 0 Å². The lowest BCUT2D eigenvalue weighted by molar-refractivity contribution is -0.00632. The van der Waals surface area contributed by atoms with E-state index in [0.717, 1.165) is 12.2 Å². The molecular weight excluding hydrogens is 228 g/mol. The molecule has 0 spiro atoms. The van der Waals surface area contributed by atoms with Crippen molar-refractivity contribution in [2.75, 3.05) is 6.61 Å². The summed E-state index contributed by atoms with van der Waals surface area (Å²) in [5.74, 6) is 1.01. The second-order valence-corrected chi connectivity index (χ2v) is 4.67. The quantitative estimate of drug-likeness (QED) is 0.813. The van der Waals surface area contributed by atoms with Gasteiger partial charge in [0.1, 0.15) is 11.9 Å². The second-order valence-electron chi connectivity index (χ2n) is 4.67. The van der Waals surface area contributed by atoms with Crippen LogP contribution in [-0.4, -0.2) is 30.0 Å². The monoisotopic (exact) mass is 248 g/mol. The maximum Gasteiger partial charge on any atom is 0.130 e. The zero-order chi connectivity index (χ0) is 13.0. The third-order valence-corrected chi connectivity index (χ3v) is 3.41. The summed E-state index contributed by atoms with van der Waals surface area (Å²) in [5.41, 5.74) is 0. The first kappa shape index (κ1) is 13.1. The van der Waals surface area contributed by atoms with Crippen LogP contribution >= 0.6 is 0 Å². The molecule has 0 amide bonds. The summed E-state index contributed by atoms with van der Waals surface area (Å²) >= 11 is 0. The lowest BCUT2D eigenvalue weighted by Gasteiger charge is -2.22. The highest BCUT2D eigenvalue weighted by atomic mass is 16.6. The van der Waals surface area contributed by atoms with Crippen molar-refractivity contribution in [3.8, 4) is 5.75 Å². The Morgan fingerprint density at radius 2 is 2.06 bits per heavy atom. The van der Waals surface area contributed by atoms with Gasteiger partial charge in [0.2, 0.25) is 0 Å². The molecule has 98 valence electrons. The molecule has 1 heterocycles. The predicted octanol–water partition coefficient (Wildman–Crippen LogP) is 2.41. The third-order valence-electron chi connectivity index (χ3n) is 3.41. The average molecular weight is 248 g/mol. The van der Waals surface area contributed by atoms with Crippen LogP contribution < -0.4 is 4.74 Å². The van der Waals surface area contributed by atoms with E-state index in [-0.39, 0.29) is 30.8 Å². The van der Waals surface area contributed by atoms with Gasteiger partial charge in [0.15, 0.2) is 0 Å². The summed E-state index contributed by atoms with van der Waals surface area (Å²) in [5, 5.41) is 9.30. The molecule has 0 aliphatic carbocycles. The second kappa shape index (κ2) is 6.03. The first-order chi connectivity index (χ1) is 8.76. The van der Waals surface area contributed by atoms with Crippen molar-refractivity contribution in [2.24, 2.45) is 5.92 Å². The summed E-state index contributed by atoms with van der Waals surface area (Å²) < 4.78 is 11.8. The van der Waals surface area contributed by atoms with Crippen LogP contribution in [0.25, 0.3) is 0 Å². The number of aliphatic hydroxyl groups excluding tert-OH is 1. The number of benzene rings is 1. The Morgan fingerprint density at radius 1 is 1.33 bits per heavy atom. The highest BCUT2D eigenvalue weighted by molar-refractivity contribution is 5.21. The van der Waals surface area contributed by atoms with Gasteiger partial charge >= 0.3 is 0 Å². The minimum atomic E-state index is -0.149. The molecule has 4 unspecified atom stereocenters. The van der Waals surface area contributed by atoms with E-state index in [2.05, 4.69) is 13.5 Å². The fraction of sp³-hybridized carbons (Fsp3) is 0.467. The normalized spacial score (nSPS) is 31.2. The molecule has 1 aliphatic rings. The minimum Gasteiger partial charge on any atom is -0.487 e. The van der Waals surface area contributed by atoms with Crippen molar-refractivity contribution >= 4 is 0 Å². The molecule has 3 nitrogen and oxygen atoms in total. The molecular formula is C15H20O3. The summed E-state index contributed by atoms with van der Waals surface area (Å²) in [6.45, 7) is 5.83.